The van der Waals surface area contributed by atoms with Gasteiger partial charge in [-0.2, -0.15) is 0 Å². The number of tetrazole rings is 1. The van der Waals surface area contributed by atoms with Crippen molar-refractivity contribution in [2.75, 3.05) is 0 Å². The van der Waals surface area contributed by atoms with Gasteiger partial charge in [-0.3, -0.25) is 4.79 Å². The zero-order valence-electron chi connectivity index (χ0n) is 13.3. The molecule has 6 heteroatoms. The van der Waals surface area contributed by atoms with Crippen LogP contribution in [0.4, 0.5) is 0 Å². The maximum atomic E-state index is 11.7. The van der Waals surface area contributed by atoms with Crippen molar-refractivity contribution in [1.82, 2.24) is 20.2 Å². The Hall–Kier alpha value is -1.46. The summed E-state index contributed by atoms with van der Waals surface area (Å²) in [6.45, 7) is 9.28. The van der Waals surface area contributed by atoms with Gasteiger partial charge in [-0.15, -0.1) is 5.10 Å². The van der Waals surface area contributed by atoms with Crippen LogP contribution in [0, 0.1) is 16.2 Å². The highest BCUT2D eigenvalue weighted by molar-refractivity contribution is 5.74. The number of nitrogens with zero attached hydrogens (tertiary/aromatic N) is 4. The summed E-state index contributed by atoms with van der Waals surface area (Å²) in [5.74, 6) is 0.417. The summed E-state index contributed by atoms with van der Waals surface area (Å²) in [7, 11) is 0. The van der Waals surface area contributed by atoms with Crippen molar-refractivity contribution in [2.24, 2.45) is 16.2 Å². The normalized spacial score (nSPS) is 25.9. The second-order valence-electron chi connectivity index (χ2n) is 7.86. The highest BCUT2D eigenvalue weighted by Crippen LogP contribution is 2.73. The Bertz CT molecular complexity index is 556. The number of aromatic nitrogens is 4. The Morgan fingerprint density at radius 2 is 1.81 bits per heavy atom. The molecule has 21 heavy (non-hydrogen) atoms. The number of aliphatic carboxylic acids is 1. The number of carboxylic acid groups (broad SMARTS) is 1. The predicted molar refractivity (Wildman–Crippen MR) is 76.7 cm³/mol. The molecule has 116 valence electrons. The van der Waals surface area contributed by atoms with Gasteiger partial charge in [-0.1, -0.05) is 40.5 Å². The molecule has 1 N–H and O–H groups in total. The molecule has 1 aromatic heterocycles. The minimum absolute atomic E-state index is 0.144. The van der Waals surface area contributed by atoms with Crippen molar-refractivity contribution >= 4 is 5.97 Å². The number of carboxylic acids is 1. The average molecular weight is 292 g/mol. The van der Waals surface area contributed by atoms with Gasteiger partial charge >= 0.3 is 5.97 Å². The summed E-state index contributed by atoms with van der Waals surface area (Å²) in [6.07, 6.45) is 3.40. The quantitative estimate of drug-likeness (QED) is 0.922. The molecule has 2 aliphatic rings. The van der Waals surface area contributed by atoms with Crippen molar-refractivity contribution in [3.8, 4) is 0 Å². The molecule has 1 heterocycles. The average Bonchev–Trinajstić information content (AvgIpc) is 2.88. The van der Waals surface area contributed by atoms with E-state index < -0.39 is 11.4 Å². The van der Waals surface area contributed by atoms with Crippen LogP contribution < -0.4 is 0 Å². The minimum atomic E-state index is -0.712. The number of rotatable bonds is 4. The largest absolute Gasteiger partial charge is 0.481 e. The molecule has 2 aliphatic carbocycles. The fraction of sp³-hybridized carbons (Fsp3) is 0.867. The fourth-order valence-corrected chi connectivity index (χ4v) is 4.15. The summed E-state index contributed by atoms with van der Waals surface area (Å²) in [4.78, 5) is 11.7. The highest BCUT2D eigenvalue weighted by atomic mass is 16.4. The van der Waals surface area contributed by atoms with Crippen molar-refractivity contribution in [3.05, 3.63) is 5.82 Å². The lowest BCUT2D eigenvalue weighted by Crippen LogP contribution is -2.34. The highest BCUT2D eigenvalue weighted by Gasteiger charge is 2.67. The van der Waals surface area contributed by atoms with Gasteiger partial charge in [0, 0.05) is 5.92 Å². The van der Waals surface area contributed by atoms with Crippen LogP contribution in [0.25, 0.3) is 0 Å². The summed E-state index contributed by atoms with van der Waals surface area (Å²) in [5.41, 5.74) is -0.398. The summed E-state index contributed by atoms with van der Waals surface area (Å²) < 4.78 is 1.75. The third-order valence-corrected chi connectivity index (χ3v) is 6.31. The number of carbonyl (C=O) groups is 1. The summed E-state index contributed by atoms with van der Waals surface area (Å²) in [5, 5.41) is 21.8. The second kappa shape index (κ2) is 4.27. The van der Waals surface area contributed by atoms with Gasteiger partial charge in [0.2, 0.25) is 0 Å². The SMILES string of the molecule is CC1(C)C(c2nnnn2CC2(C(=O)O)CCCC2)C1(C)C. The second-order valence-corrected chi connectivity index (χ2v) is 7.86. The fourth-order valence-electron chi connectivity index (χ4n) is 4.15. The molecule has 0 saturated heterocycles. The Balaban J connectivity index is 1.89. The van der Waals surface area contributed by atoms with E-state index in [4.69, 9.17) is 0 Å². The van der Waals surface area contributed by atoms with Gasteiger partial charge in [0.25, 0.3) is 0 Å². The first-order valence-electron chi connectivity index (χ1n) is 7.72. The first-order valence-corrected chi connectivity index (χ1v) is 7.72. The molecule has 2 saturated carbocycles. The van der Waals surface area contributed by atoms with E-state index in [0.29, 0.717) is 6.54 Å². The molecule has 0 amide bonds. The van der Waals surface area contributed by atoms with Crippen molar-refractivity contribution in [3.63, 3.8) is 0 Å². The smallest absolute Gasteiger partial charge is 0.311 e. The van der Waals surface area contributed by atoms with Crippen molar-refractivity contribution in [2.45, 2.75) is 65.8 Å². The van der Waals surface area contributed by atoms with Gasteiger partial charge in [-0.05, 0) is 34.1 Å². The van der Waals surface area contributed by atoms with Gasteiger partial charge in [0.05, 0.1) is 12.0 Å². The minimum Gasteiger partial charge on any atom is -0.481 e. The Labute approximate surface area is 124 Å². The third-order valence-electron chi connectivity index (χ3n) is 6.31. The Morgan fingerprint density at radius 1 is 1.24 bits per heavy atom. The zero-order chi connectivity index (χ0) is 15.5. The molecule has 0 unspecified atom stereocenters. The topological polar surface area (TPSA) is 80.9 Å². The lowest BCUT2D eigenvalue weighted by atomic mass is 9.86. The van der Waals surface area contributed by atoms with E-state index in [1.165, 1.54) is 0 Å². The predicted octanol–water partition coefficient (Wildman–Crippen LogP) is 2.47. The van der Waals surface area contributed by atoms with E-state index in [9.17, 15) is 9.90 Å². The maximum Gasteiger partial charge on any atom is 0.311 e. The first kappa shape index (κ1) is 14.5. The number of hydrogen-bond donors (Lipinski definition) is 1. The van der Waals surface area contributed by atoms with Crippen LogP contribution in [0.5, 0.6) is 0 Å². The standard InChI is InChI=1S/C15H24N4O2/c1-13(2)10(14(13,3)4)11-16-17-18-19(11)9-15(12(20)21)7-5-6-8-15/h10H,5-9H2,1-4H3,(H,20,21). The van der Waals surface area contributed by atoms with E-state index >= 15 is 0 Å². The van der Waals surface area contributed by atoms with Gasteiger partial charge < -0.3 is 5.11 Å². The molecular formula is C15H24N4O2. The maximum absolute atomic E-state index is 11.7. The van der Waals surface area contributed by atoms with Crippen LogP contribution >= 0.6 is 0 Å². The van der Waals surface area contributed by atoms with E-state index in [-0.39, 0.29) is 16.7 Å². The molecule has 3 rings (SSSR count). The Kier molecular flexibility index (Phi) is 2.94. The summed E-state index contributed by atoms with van der Waals surface area (Å²) in [6, 6.07) is 0. The molecular weight excluding hydrogens is 268 g/mol. The van der Waals surface area contributed by atoms with Crippen molar-refractivity contribution < 1.29 is 9.90 Å². The lowest BCUT2D eigenvalue weighted by molar-refractivity contribution is -0.149. The molecule has 0 aliphatic heterocycles. The zero-order valence-corrected chi connectivity index (χ0v) is 13.3. The van der Waals surface area contributed by atoms with Crippen LogP contribution in [-0.2, 0) is 11.3 Å². The van der Waals surface area contributed by atoms with Crippen LogP contribution in [-0.4, -0.2) is 31.3 Å². The number of hydrogen-bond acceptors (Lipinski definition) is 4. The summed E-state index contributed by atoms with van der Waals surface area (Å²) >= 11 is 0. The molecule has 0 bridgehead atoms. The van der Waals surface area contributed by atoms with Crippen LogP contribution in [0.3, 0.4) is 0 Å². The molecule has 0 atom stereocenters. The monoisotopic (exact) mass is 292 g/mol. The lowest BCUT2D eigenvalue weighted by Gasteiger charge is -2.23. The molecule has 1 aromatic rings. The van der Waals surface area contributed by atoms with E-state index in [2.05, 4.69) is 43.2 Å². The third kappa shape index (κ3) is 1.91. The molecule has 2 fully saturated rings. The molecule has 6 nitrogen and oxygen atoms in total. The van der Waals surface area contributed by atoms with Crippen LogP contribution in [0.15, 0.2) is 0 Å². The van der Waals surface area contributed by atoms with E-state index in [1.807, 2.05) is 0 Å². The van der Waals surface area contributed by atoms with Gasteiger partial charge in [0.1, 0.15) is 0 Å². The molecule has 0 spiro atoms. The Morgan fingerprint density at radius 3 is 2.29 bits per heavy atom. The van der Waals surface area contributed by atoms with Crippen LogP contribution in [0.1, 0.15) is 65.1 Å². The van der Waals surface area contributed by atoms with Gasteiger partial charge in [-0.25, -0.2) is 4.68 Å². The molecule has 0 radical (unpaired) electrons. The van der Waals surface area contributed by atoms with Crippen LogP contribution in [0.2, 0.25) is 0 Å². The van der Waals surface area contributed by atoms with E-state index in [0.717, 1.165) is 31.5 Å². The van der Waals surface area contributed by atoms with Crippen molar-refractivity contribution in [1.29, 1.82) is 0 Å². The first-order chi connectivity index (χ1) is 9.72. The van der Waals surface area contributed by atoms with Gasteiger partial charge in [0.15, 0.2) is 5.82 Å². The van der Waals surface area contributed by atoms with E-state index in [1.54, 1.807) is 4.68 Å². The molecule has 0 aromatic carbocycles.